The molecule has 0 radical (unpaired) electrons. The number of aromatic nitrogens is 4. The van der Waals surface area contributed by atoms with Gasteiger partial charge in [-0.2, -0.15) is 5.10 Å². The van der Waals surface area contributed by atoms with Crippen molar-refractivity contribution in [3.05, 3.63) is 84.4 Å². The molecule has 5 rings (SSSR count). The van der Waals surface area contributed by atoms with Gasteiger partial charge in [-0.1, -0.05) is 12.1 Å². The predicted molar refractivity (Wildman–Crippen MR) is 122 cm³/mol. The zero-order chi connectivity index (χ0) is 21.4. The summed E-state index contributed by atoms with van der Waals surface area (Å²) >= 11 is 0. The topological polar surface area (TPSA) is 78.3 Å². The molecule has 4 aromatic heterocycles. The van der Waals surface area contributed by atoms with Crippen LogP contribution < -0.4 is 5.32 Å². The van der Waals surface area contributed by atoms with Gasteiger partial charge in [0.05, 0.1) is 11.7 Å². The summed E-state index contributed by atoms with van der Waals surface area (Å²) in [7, 11) is 4.06. The number of hydrogen-bond acceptors (Lipinski definition) is 4. The number of H-pyrrole nitrogens is 1. The Morgan fingerprint density at radius 2 is 1.94 bits per heavy atom. The van der Waals surface area contributed by atoms with Crippen molar-refractivity contribution < 1.29 is 4.79 Å². The Bertz CT molecular complexity index is 1380. The van der Waals surface area contributed by atoms with Crippen LogP contribution in [0.5, 0.6) is 0 Å². The third-order valence-electron chi connectivity index (χ3n) is 5.21. The highest BCUT2D eigenvalue weighted by molar-refractivity contribution is 6.05. The van der Waals surface area contributed by atoms with Gasteiger partial charge in [0.15, 0.2) is 0 Å². The minimum atomic E-state index is -0.158. The SMILES string of the molecule is CN(C)Cc1ccc(NC(=O)c2ccn3ncc(-c4cnc5[nH]ccc5c4)c3c2)cc1. The summed E-state index contributed by atoms with van der Waals surface area (Å²) in [5, 5.41) is 8.43. The minimum absolute atomic E-state index is 0.158. The Morgan fingerprint density at radius 3 is 2.74 bits per heavy atom. The van der Waals surface area contributed by atoms with Crippen molar-refractivity contribution in [1.82, 2.24) is 24.5 Å². The Hall–Kier alpha value is -3.97. The molecule has 0 fully saturated rings. The normalized spacial score (nSPS) is 11.5. The Balaban J connectivity index is 1.42. The molecule has 0 atom stereocenters. The zero-order valence-electron chi connectivity index (χ0n) is 17.3. The second kappa shape index (κ2) is 7.70. The monoisotopic (exact) mass is 410 g/mol. The molecule has 1 amide bonds. The second-order valence-electron chi connectivity index (χ2n) is 7.83. The number of benzene rings is 1. The molecule has 0 aliphatic rings. The molecule has 0 saturated carbocycles. The molecule has 0 unspecified atom stereocenters. The van der Waals surface area contributed by atoms with Crippen LogP contribution in [0.1, 0.15) is 15.9 Å². The maximum atomic E-state index is 12.9. The third-order valence-corrected chi connectivity index (χ3v) is 5.21. The van der Waals surface area contributed by atoms with E-state index in [4.69, 9.17) is 0 Å². The van der Waals surface area contributed by atoms with Crippen LogP contribution in [0.2, 0.25) is 0 Å². The van der Waals surface area contributed by atoms with Gasteiger partial charge in [0, 0.05) is 52.9 Å². The number of fused-ring (bicyclic) bond motifs is 2. The number of aromatic amines is 1. The predicted octanol–water partition coefficient (Wildman–Crippen LogP) is 4.19. The number of carbonyl (C=O) groups is 1. The minimum Gasteiger partial charge on any atom is -0.346 e. The van der Waals surface area contributed by atoms with Crippen LogP contribution in [-0.2, 0) is 6.54 Å². The Labute approximate surface area is 179 Å². The number of rotatable bonds is 5. The Morgan fingerprint density at radius 1 is 1.10 bits per heavy atom. The van der Waals surface area contributed by atoms with Gasteiger partial charge in [0.1, 0.15) is 5.65 Å². The van der Waals surface area contributed by atoms with E-state index in [2.05, 4.69) is 31.3 Å². The van der Waals surface area contributed by atoms with Gasteiger partial charge in [0.2, 0.25) is 0 Å². The molecule has 4 heterocycles. The lowest BCUT2D eigenvalue weighted by Gasteiger charge is -2.11. The molecule has 31 heavy (non-hydrogen) atoms. The lowest BCUT2D eigenvalue weighted by Crippen LogP contribution is -2.13. The van der Waals surface area contributed by atoms with Crippen molar-refractivity contribution in [2.45, 2.75) is 6.54 Å². The first-order chi connectivity index (χ1) is 15.1. The number of hydrogen-bond donors (Lipinski definition) is 2. The third kappa shape index (κ3) is 3.78. The number of anilines is 1. The van der Waals surface area contributed by atoms with Crippen molar-refractivity contribution in [1.29, 1.82) is 0 Å². The highest BCUT2D eigenvalue weighted by Gasteiger charge is 2.13. The van der Waals surface area contributed by atoms with Gasteiger partial charge in [-0.3, -0.25) is 4.79 Å². The molecule has 5 aromatic rings. The smallest absolute Gasteiger partial charge is 0.255 e. The van der Waals surface area contributed by atoms with Gasteiger partial charge in [0.25, 0.3) is 5.91 Å². The van der Waals surface area contributed by atoms with Crippen molar-refractivity contribution in [3.8, 4) is 11.1 Å². The molecule has 0 spiro atoms. The van der Waals surface area contributed by atoms with Crippen molar-refractivity contribution in [3.63, 3.8) is 0 Å². The van der Waals surface area contributed by atoms with Crippen molar-refractivity contribution in [2.75, 3.05) is 19.4 Å². The fourth-order valence-electron chi connectivity index (χ4n) is 3.69. The highest BCUT2D eigenvalue weighted by Crippen LogP contribution is 2.27. The maximum Gasteiger partial charge on any atom is 0.255 e. The summed E-state index contributed by atoms with van der Waals surface area (Å²) in [4.78, 5) is 22.5. The van der Waals surface area contributed by atoms with Gasteiger partial charge in [-0.25, -0.2) is 9.50 Å². The molecular formula is C24H22N6O. The van der Waals surface area contributed by atoms with Gasteiger partial charge >= 0.3 is 0 Å². The molecule has 2 N–H and O–H groups in total. The molecule has 0 saturated heterocycles. The first-order valence-electron chi connectivity index (χ1n) is 10.0. The van der Waals surface area contributed by atoms with Crippen molar-refractivity contribution >= 4 is 28.1 Å². The number of amides is 1. The standard InChI is InChI=1S/C24H22N6O/c1-29(2)15-16-3-5-20(6-4-16)28-24(31)18-8-10-30-22(12-18)21(14-27-30)19-11-17-7-9-25-23(17)26-13-19/h3-14H,15H2,1-2H3,(H,25,26)(H,28,31). The zero-order valence-corrected chi connectivity index (χ0v) is 17.3. The summed E-state index contributed by atoms with van der Waals surface area (Å²) < 4.78 is 1.77. The average Bonchev–Trinajstić information content (AvgIpc) is 3.40. The summed E-state index contributed by atoms with van der Waals surface area (Å²) in [5.74, 6) is -0.158. The van der Waals surface area contributed by atoms with Crippen LogP contribution in [0.3, 0.4) is 0 Å². The van der Waals surface area contributed by atoms with E-state index in [0.29, 0.717) is 5.56 Å². The summed E-state index contributed by atoms with van der Waals surface area (Å²) in [6.45, 7) is 0.859. The number of pyridine rings is 2. The second-order valence-corrected chi connectivity index (χ2v) is 7.83. The van der Waals surface area contributed by atoms with Crippen LogP contribution >= 0.6 is 0 Å². The van der Waals surface area contributed by atoms with Crippen LogP contribution in [0.4, 0.5) is 5.69 Å². The molecule has 0 bridgehead atoms. The number of nitrogens with one attached hydrogen (secondary N) is 2. The summed E-state index contributed by atoms with van der Waals surface area (Å²) in [6, 6.07) is 15.6. The first kappa shape index (κ1) is 19.0. The largest absolute Gasteiger partial charge is 0.346 e. The Kier molecular flexibility index (Phi) is 4.72. The van der Waals surface area contributed by atoms with E-state index < -0.39 is 0 Å². The van der Waals surface area contributed by atoms with E-state index in [-0.39, 0.29) is 5.91 Å². The molecule has 154 valence electrons. The lowest BCUT2D eigenvalue weighted by atomic mass is 10.1. The first-order valence-corrected chi connectivity index (χ1v) is 10.0. The molecule has 7 nitrogen and oxygen atoms in total. The molecule has 1 aromatic carbocycles. The van der Waals surface area contributed by atoms with E-state index in [1.54, 1.807) is 23.0 Å². The van der Waals surface area contributed by atoms with Gasteiger partial charge in [-0.05, 0) is 56.1 Å². The molecule has 0 aliphatic heterocycles. The van der Waals surface area contributed by atoms with Crippen molar-refractivity contribution in [2.24, 2.45) is 0 Å². The van der Waals surface area contributed by atoms with E-state index in [1.165, 1.54) is 5.56 Å². The number of carbonyl (C=O) groups excluding carboxylic acids is 1. The van der Waals surface area contributed by atoms with Gasteiger partial charge < -0.3 is 15.2 Å². The van der Waals surface area contributed by atoms with E-state index in [9.17, 15) is 4.79 Å². The highest BCUT2D eigenvalue weighted by atomic mass is 16.1. The van der Waals surface area contributed by atoms with Gasteiger partial charge in [-0.15, -0.1) is 0 Å². The number of nitrogens with zero attached hydrogens (tertiary/aromatic N) is 4. The quantitative estimate of drug-likeness (QED) is 0.455. The van der Waals surface area contributed by atoms with E-state index in [0.717, 1.165) is 39.9 Å². The van der Waals surface area contributed by atoms with Crippen LogP contribution in [0.15, 0.2) is 73.3 Å². The van der Waals surface area contributed by atoms with E-state index in [1.807, 2.05) is 62.9 Å². The van der Waals surface area contributed by atoms with Crippen LogP contribution in [0.25, 0.3) is 27.7 Å². The lowest BCUT2D eigenvalue weighted by molar-refractivity contribution is 0.102. The molecular weight excluding hydrogens is 388 g/mol. The molecule has 0 aliphatic carbocycles. The fourth-order valence-corrected chi connectivity index (χ4v) is 3.69. The average molecular weight is 410 g/mol. The van der Waals surface area contributed by atoms with E-state index >= 15 is 0 Å². The van der Waals surface area contributed by atoms with Crippen LogP contribution in [0, 0.1) is 0 Å². The van der Waals surface area contributed by atoms with Crippen LogP contribution in [-0.4, -0.2) is 44.5 Å². The fraction of sp³-hybridized carbons (Fsp3) is 0.125. The summed E-state index contributed by atoms with van der Waals surface area (Å²) in [6.07, 6.45) is 7.29. The maximum absolute atomic E-state index is 12.9. The summed E-state index contributed by atoms with van der Waals surface area (Å²) in [5.41, 5.74) is 6.11. The molecule has 7 heteroatoms.